The SMILES string of the molecule is CNc1nc(Nc2ccc(C)cc2)ncc1C(=O)Nc1cc(NC(=O)c2cccc(C(F)(F)F)c2)ccc1C. The minimum absolute atomic E-state index is 0.147. The van der Waals surface area contributed by atoms with Crippen LogP contribution >= 0.6 is 0 Å². The molecule has 0 saturated heterocycles. The number of nitrogens with zero attached hydrogens (tertiary/aromatic N) is 2. The summed E-state index contributed by atoms with van der Waals surface area (Å²) in [5.74, 6) is -0.616. The Morgan fingerprint density at radius 3 is 2.26 bits per heavy atom. The first-order chi connectivity index (χ1) is 18.5. The van der Waals surface area contributed by atoms with Gasteiger partial charge in [0.2, 0.25) is 5.95 Å². The molecule has 0 fully saturated rings. The normalized spacial score (nSPS) is 11.0. The van der Waals surface area contributed by atoms with Gasteiger partial charge in [0.05, 0.1) is 5.56 Å². The van der Waals surface area contributed by atoms with E-state index in [9.17, 15) is 22.8 Å². The monoisotopic (exact) mass is 534 g/mol. The second kappa shape index (κ2) is 11.2. The van der Waals surface area contributed by atoms with Gasteiger partial charge in [0.25, 0.3) is 11.8 Å². The van der Waals surface area contributed by atoms with Crippen LogP contribution in [0.4, 0.5) is 42.0 Å². The lowest BCUT2D eigenvalue weighted by Gasteiger charge is -2.14. The Bertz CT molecular complexity index is 1520. The van der Waals surface area contributed by atoms with Gasteiger partial charge in [-0.05, 0) is 61.9 Å². The first kappa shape index (κ1) is 27.1. The molecule has 0 radical (unpaired) electrons. The number of hydrogen-bond acceptors (Lipinski definition) is 6. The van der Waals surface area contributed by atoms with Gasteiger partial charge in [0.1, 0.15) is 11.4 Å². The van der Waals surface area contributed by atoms with E-state index in [-0.39, 0.29) is 11.1 Å². The average Bonchev–Trinajstić information content (AvgIpc) is 2.91. The zero-order valence-corrected chi connectivity index (χ0v) is 21.3. The molecule has 2 amide bonds. The molecule has 0 aliphatic carbocycles. The summed E-state index contributed by atoms with van der Waals surface area (Å²) < 4.78 is 39.0. The van der Waals surface area contributed by atoms with Crippen LogP contribution in [0.5, 0.6) is 0 Å². The molecule has 0 saturated carbocycles. The Morgan fingerprint density at radius 1 is 0.846 bits per heavy atom. The van der Waals surface area contributed by atoms with Crippen molar-refractivity contribution >= 4 is 40.6 Å². The van der Waals surface area contributed by atoms with Crippen molar-refractivity contribution in [2.24, 2.45) is 0 Å². The molecule has 0 atom stereocenters. The molecule has 1 aromatic heterocycles. The second-order valence-electron chi connectivity index (χ2n) is 8.71. The van der Waals surface area contributed by atoms with E-state index in [4.69, 9.17) is 0 Å². The number of alkyl halides is 3. The van der Waals surface area contributed by atoms with Gasteiger partial charge in [-0.2, -0.15) is 18.2 Å². The third-order valence-corrected chi connectivity index (χ3v) is 5.77. The number of anilines is 5. The van der Waals surface area contributed by atoms with E-state index in [0.29, 0.717) is 28.7 Å². The third kappa shape index (κ3) is 6.69. The van der Waals surface area contributed by atoms with Gasteiger partial charge < -0.3 is 21.3 Å². The summed E-state index contributed by atoms with van der Waals surface area (Å²) in [6.07, 6.45) is -3.18. The number of benzene rings is 3. The summed E-state index contributed by atoms with van der Waals surface area (Å²) in [4.78, 5) is 34.3. The fourth-order valence-electron chi connectivity index (χ4n) is 3.63. The summed E-state index contributed by atoms with van der Waals surface area (Å²) in [5.41, 5.74) is 2.40. The van der Waals surface area contributed by atoms with E-state index in [1.54, 1.807) is 26.1 Å². The highest BCUT2D eigenvalue weighted by Gasteiger charge is 2.31. The number of carbonyl (C=O) groups excluding carboxylic acids is 2. The molecular weight excluding hydrogens is 509 g/mol. The molecule has 0 bridgehead atoms. The molecule has 3 aromatic carbocycles. The smallest absolute Gasteiger partial charge is 0.372 e. The van der Waals surface area contributed by atoms with Crippen LogP contribution in [0.25, 0.3) is 0 Å². The minimum Gasteiger partial charge on any atom is -0.372 e. The Balaban J connectivity index is 1.50. The lowest BCUT2D eigenvalue weighted by atomic mass is 10.1. The van der Waals surface area contributed by atoms with Crippen LogP contribution < -0.4 is 21.3 Å². The first-order valence-corrected chi connectivity index (χ1v) is 11.8. The van der Waals surface area contributed by atoms with Crippen LogP contribution in [-0.4, -0.2) is 28.8 Å². The Kier molecular flexibility index (Phi) is 7.80. The molecule has 0 spiro atoms. The van der Waals surface area contributed by atoms with Crippen molar-refractivity contribution in [1.82, 2.24) is 9.97 Å². The average molecular weight is 535 g/mol. The molecule has 4 aromatic rings. The number of hydrogen-bond donors (Lipinski definition) is 4. The highest BCUT2D eigenvalue weighted by Crippen LogP contribution is 2.30. The van der Waals surface area contributed by atoms with Crippen LogP contribution in [0.15, 0.2) is 72.9 Å². The highest BCUT2D eigenvalue weighted by atomic mass is 19.4. The molecule has 4 N–H and O–H groups in total. The lowest BCUT2D eigenvalue weighted by Crippen LogP contribution is -2.17. The van der Waals surface area contributed by atoms with Gasteiger partial charge in [-0.15, -0.1) is 0 Å². The van der Waals surface area contributed by atoms with Crippen molar-refractivity contribution in [1.29, 1.82) is 0 Å². The lowest BCUT2D eigenvalue weighted by molar-refractivity contribution is -0.137. The largest absolute Gasteiger partial charge is 0.416 e. The van der Waals surface area contributed by atoms with Crippen LogP contribution in [0.2, 0.25) is 0 Å². The van der Waals surface area contributed by atoms with Crippen molar-refractivity contribution < 1.29 is 22.8 Å². The topological polar surface area (TPSA) is 108 Å². The number of carbonyl (C=O) groups is 2. The van der Waals surface area contributed by atoms with Crippen molar-refractivity contribution in [3.05, 3.63) is 101 Å². The highest BCUT2D eigenvalue weighted by molar-refractivity contribution is 6.08. The summed E-state index contributed by atoms with van der Waals surface area (Å²) in [7, 11) is 1.63. The van der Waals surface area contributed by atoms with Crippen molar-refractivity contribution in [2.45, 2.75) is 20.0 Å². The number of nitrogens with one attached hydrogen (secondary N) is 4. The van der Waals surface area contributed by atoms with E-state index in [2.05, 4.69) is 31.2 Å². The van der Waals surface area contributed by atoms with Gasteiger partial charge in [-0.25, -0.2) is 4.98 Å². The Morgan fingerprint density at radius 2 is 1.56 bits per heavy atom. The second-order valence-corrected chi connectivity index (χ2v) is 8.71. The van der Waals surface area contributed by atoms with E-state index >= 15 is 0 Å². The maximum absolute atomic E-state index is 13.1. The van der Waals surface area contributed by atoms with E-state index in [1.807, 2.05) is 31.2 Å². The van der Waals surface area contributed by atoms with Crippen LogP contribution in [0.3, 0.4) is 0 Å². The summed E-state index contributed by atoms with van der Waals surface area (Å²) >= 11 is 0. The van der Waals surface area contributed by atoms with Gasteiger partial charge in [0, 0.05) is 35.9 Å². The fourth-order valence-corrected chi connectivity index (χ4v) is 3.63. The molecule has 11 heteroatoms. The van der Waals surface area contributed by atoms with Gasteiger partial charge in [-0.3, -0.25) is 9.59 Å². The maximum Gasteiger partial charge on any atom is 0.416 e. The molecule has 0 aliphatic rings. The summed E-state index contributed by atoms with van der Waals surface area (Å²) in [6, 6.07) is 16.6. The summed E-state index contributed by atoms with van der Waals surface area (Å²) in [6.45, 7) is 3.74. The molecule has 1 heterocycles. The molecule has 4 rings (SSSR count). The first-order valence-electron chi connectivity index (χ1n) is 11.8. The van der Waals surface area contributed by atoms with Crippen molar-refractivity contribution in [3.63, 3.8) is 0 Å². The summed E-state index contributed by atoms with van der Waals surface area (Å²) in [5, 5.41) is 11.3. The predicted octanol–water partition coefficient (Wildman–Crippen LogP) is 6.40. The van der Waals surface area contributed by atoms with Gasteiger partial charge in [-0.1, -0.05) is 29.8 Å². The van der Waals surface area contributed by atoms with Crippen molar-refractivity contribution in [2.75, 3.05) is 28.3 Å². The number of rotatable bonds is 7. The standard InChI is InChI=1S/C28H25F3N6O2/c1-16-7-10-20(11-8-16)35-27-33-15-22(24(32-3)37-27)26(39)36-23-14-21(12-9-17(23)2)34-25(38)18-5-4-6-19(13-18)28(29,30)31/h4-15H,1-3H3,(H,34,38)(H,36,39)(H2,32,33,35,37). The van der Waals surface area contributed by atoms with Crippen LogP contribution in [-0.2, 0) is 6.18 Å². The Hall–Kier alpha value is -4.93. The van der Waals surface area contributed by atoms with Crippen LogP contribution in [0.1, 0.15) is 37.4 Å². The molecule has 0 unspecified atom stereocenters. The zero-order chi connectivity index (χ0) is 28.2. The van der Waals surface area contributed by atoms with E-state index in [1.165, 1.54) is 24.4 Å². The molecular formula is C28H25F3N6O2. The fraction of sp³-hybridized carbons (Fsp3) is 0.143. The molecule has 200 valence electrons. The number of halogens is 3. The third-order valence-electron chi connectivity index (χ3n) is 5.77. The minimum atomic E-state index is -4.57. The molecule has 8 nitrogen and oxygen atoms in total. The molecule has 39 heavy (non-hydrogen) atoms. The quantitative estimate of drug-likeness (QED) is 0.219. The Labute approximate surface area is 222 Å². The maximum atomic E-state index is 13.1. The van der Waals surface area contributed by atoms with Gasteiger partial charge >= 0.3 is 6.18 Å². The van der Waals surface area contributed by atoms with E-state index in [0.717, 1.165) is 23.4 Å². The number of amides is 2. The zero-order valence-electron chi connectivity index (χ0n) is 21.3. The molecule has 0 aliphatic heterocycles. The van der Waals surface area contributed by atoms with Crippen molar-refractivity contribution in [3.8, 4) is 0 Å². The number of aromatic nitrogens is 2. The number of aryl methyl sites for hydroxylation is 2. The predicted molar refractivity (Wildman–Crippen MR) is 145 cm³/mol. The van der Waals surface area contributed by atoms with Gasteiger partial charge in [0.15, 0.2) is 0 Å². The van der Waals surface area contributed by atoms with E-state index < -0.39 is 23.6 Å². The van der Waals surface area contributed by atoms with Crippen LogP contribution in [0, 0.1) is 13.8 Å².